The maximum atomic E-state index is 4.76. The smallest absolute Gasteiger partial charge is 0.135 e. The number of likely N-dealkylation sites (tertiary alicyclic amines) is 1. The summed E-state index contributed by atoms with van der Waals surface area (Å²) in [5, 5.41) is 7.60. The van der Waals surface area contributed by atoms with Gasteiger partial charge < -0.3 is 5.32 Å². The number of pyridine rings is 1. The van der Waals surface area contributed by atoms with Crippen molar-refractivity contribution in [1.82, 2.24) is 29.6 Å². The minimum atomic E-state index is 0.296. The zero-order chi connectivity index (χ0) is 18.6. The van der Waals surface area contributed by atoms with Gasteiger partial charge in [-0.05, 0) is 38.4 Å². The lowest BCUT2D eigenvalue weighted by Crippen LogP contribution is -2.33. The molecule has 0 aromatic carbocycles. The Bertz CT molecular complexity index is 890. The van der Waals surface area contributed by atoms with Crippen molar-refractivity contribution in [3.05, 3.63) is 59.9 Å². The number of hydrogen-bond acceptors (Lipinski definition) is 6. The Balaban J connectivity index is 1.58. The van der Waals surface area contributed by atoms with Crippen LogP contribution in [0, 0.1) is 6.92 Å². The lowest BCUT2D eigenvalue weighted by Gasteiger charge is -2.35. The predicted octanol–water partition coefficient (Wildman–Crippen LogP) is 3.38. The summed E-state index contributed by atoms with van der Waals surface area (Å²) in [6.45, 7) is 3.91. The van der Waals surface area contributed by atoms with Crippen LogP contribution in [0.1, 0.15) is 42.4 Å². The first-order valence-corrected chi connectivity index (χ1v) is 9.42. The van der Waals surface area contributed by atoms with Crippen LogP contribution < -0.4 is 5.32 Å². The molecule has 1 aliphatic heterocycles. The molecule has 1 saturated heterocycles. The number of aryl methyl sites for hydroxylation is 2. The molecule has 0 unspecified atom stereocenters. The third-order valence-corrected chi connectivity index (χ3v) is 4.88. The Morgan fingerprint density at radius 1 is 1.19 bits per heavy atom. The topological polar surface area (TPSA) is 71.8 Å². The van der Waals surface area contributed by atoms with Crippen molar-refractivity contribution in [2.45, 2.75) is 38.8 Å². The van der Waals surface area contributed by atoms with E-state index in [0.717, 1.165) is 42.7 Å². The number of nitrogens with zero attached hydrogens (tertiary/aromatic N) is 6. The molecule has 0 radical (unpaired) electrons. The highest BCUT2D eigenvalue weighted by molar-refractivity contribution is 5.51. The fraction of sp³-hybridized carbons (Fsp3) is 0.400. The van der Waals surface area contributed by atoms with E-state index in [1.54, 1.807) is 6.20 Å². The fourth-order valence-electron chi connectivity index (χ4n) is 3.70. The summed E-state index contributed by atoms with van der Waals surface area (Å²) in [7, 11) is 1.96. The second-order valence-electron chi connectivity index (χ2n) is 7.07. The van der Waals surface area contributed by atoms with Gasteiger partial charge in [-0.3, -0.25) is 9.58 Å². The van der Waals surface area contributed by atoms with E-state index in [1.807, 2.05) is 43.0 Å². The molecule has 1 aliphatic rings. The number of rotatable bonds is 5. The van der Waals surface area contributed by atoms with Crippen molar-refractivity contribution in [2.75, 3.05) is 11.9 Å². The third kappa shape index (κ3) is 4.31. The van der Waals surface area contributed by atoms with Crippen LogP contribution in [-0.2, 0) is 13.6 Å². The molecule has 0 amide bonds. The molecule has 140 valence electrons. The van der Waals surface area contributed by atoms with Crippen molar-refractivity contribution in [1.29, 1.82) is 0 Å². The molecule has 0 bridgehead atoms. The van der Waals surface area contributed by atoms with Crippen LogP contribution in [0.15, 0.2) is 42.9 Å². The average molecular weight is 363 g/mol. The van der Waals surface area contributed by atoms with Gasteiger partial charge in [-0.15, -0.1) is 0 Å². The molecule has 3 aromatic heterocycles. The highest BCUT2D eigenvalue weighted by Gasteiger charge is 2.26. The highest BCUT2D eigenvalue weighted by atomic mass is 15.2. The first-order valence-electron chi connectivity index (χ1n) is 9.42. The quantitative estimate of drug-likeness (QED) is 0.749. The van der Waals surface area contributed by atoms with Gasteiger partial charge in [0.15, 0.2) is 0 Å². The minimum absolute atomic E-state index is 0.296. The molecule has 1 N–H and O–H groups in total. The molecule has 0 aliphatic carbocycles. The van der Waals surface area contributed by atoms with Crippen molar-refractivity contribution in [3.63, 3.8) is 0 Å². The summed E-state index contributed by atoms with van der Waals surface area (Å²) >= 11 is 0. The molecule has 4 rings (SSSR count). The fourth-order valence-corrected chi connectivity index (χ4v) is 3.70. The van der Waals surface area contributed by atoms with E-state index in [9.17, 15) is 0 Å². The van der Waals surface area contributed by atoms with Gasteiger partial charge in [0.2, 0.25) is 0 Å². The van der Waals surface area contributed by atoms with Crippen LogP contribution in [-0.4, -0.2) is 36.2 Å². The SMILES string of the molecule is Cc1nc(Nc2ccccn2)cc([C@H]2CCCCN2Cc2cnn(C)c2)n1. The molecule has 1 fully saturated rings. The second-order valence-corrected chi connectivity index (χ2v) is 7.07. The summed E-state index contributed by atoms with van der Waals surface area (Å²) in [6, 6.07) is 8.16. The summed E-state index contributed by atoms with van der Waals surface area (Å²) in [4.78, 5) is 16.1. The summed E-state index contributed by atoms with van der Waals surface area (Å²) < 4.78 is 1.86. The molecule has 7 nitrogen and oxygen atoms in total. The standard InChI is InChI=1S/C20H25N7/c1-15-23-17(11-20(24-15)25-19-8-3-5-9-21-19)18-7-4-6-10-27(18)14-16-12-22-26(2)13-16/h3,5,8-9,11-13,18H,4,6-7,10,14H2,1-2H3,(H,21,23,24,25)/t18-/m1/s1. The summed E-state index contributed by atoms with van der Waals surface area (Å²) in [5.41, 5.74) is 2.31. The van der Waals surface area contributed by atoms with Crippen molar-refractivity contribution < 1.29 is 0 Å². The Hall–Kier alpha value is -2.80. The third-order valence-electron chi connectivity index (χ3n) is 4.88. The Labute approximate surface area is 159 Å². The molecule has 1 atom stereocenters. The highest BCUT2D eigenvalue weighted by Crippen LogP contribution is 2.32. The van der Waals surface area contributed by atoms with Crippen molar-refractivity contribution in [2.24, 2.45) is 7.05 Å². The van der Waals surface area contributed by atoms with E-state index in [0.29, 0.717) is 6.04 Å². The first-order chi connectivity index (χ1) is 13.2. The van der Waals surface area contributed by atoms with Crippen LogP contribution in [0.5, 0.6) is 0 Å². The van der Waals surface area contributed by atoms with E-state index in [-0.39, 0.29) is 0 Å². The largest absolute Gasteiger partial charge is 0.325 e. The molecule has 4 heterocycles. The van der Waals surface area contributed by atoms with E-state index in [4.69, 9.17) is 4.98 Å². The predicted molar refractivity (Wildman–Crippen MR) is 104 cm³/mol. The van der Waals surface area contributed by atoms with Crippen LogP contribution in [0.4, 0.5) is 11.6 Å². The van der Waals surface area contributed by atoms with Gasteiger partial charge in [0.25, 0.3) is 0 Å². The lowest BCUT2D eigenvalue weighted by atomic mass is 9.98. The second kappa shape index (κ2) is 7.84. The maximum Gasteiger partial charge on any atom is 0.135 e. The molecule has 27 heavy (non-hydrogen) atoms. The molecule has 7 heteroatoms. The van der Waals surface area contributed by atoms with Gasteiger partial charge in [-0.1, -0.05) is 12.5 Å². The van der Waals surface area contributed by atoms with Crippen molar-refractivity contribution >= 4 is 11.6 Å². The molecular formula is C20H25N7. The Kier molecular flexibility index (Phi) is 5.11. The summed E-state index contributed by atoms with van der Waals surface area (Å²) in [5.74, 6) is 2.36. The summed E-state index contributed by atoms with van der Waals surface area (Å²) in [6.07, 6.45) is 9.36. The lowest BCUT2D eigenvalue weighted by molar-refractivity contribution is 0.137. The van der Waals surface area contributed by atoms with Gasteiger partial charge in [0.05, 0.1) is 17.9 Å². The maximum absolute atomic E-state index is 4.76. The molecule has 3 aromatic rings. The van der Waals surface area contributed by atoms with Crippen LogP contribution in [0.25, 0.3) is 0 Å². The molecule has 0 saturated carbocycles. The number of piperidine rings is 1. The first kappa shape index (κ1) is 17.6. The van der Waals surface area contributed by atoms with E-state index < -0.39 is 0 Å². The van der Waals surface area contributed by atoms with Gasteiger partial charge in [-0.25, -0.2) is 15.0 Å². The van der Waals surface area contributed by atoms with E-state index in [2.05, 4.69) is 37.5 Å². The zero-order valence-corrected chi connectivity index (χ0v) is 15.8. The monoisotopic (exact) mass is 363 g/mol. The Morgan fingerprint density at radius 2 is 2.11 bits per heavy atom. The Morgan fingerprint density at radius 3 is 2.89 bits per heavy atom. The normalized spacial score (nSPS) is 17.8. The molecule has 0 spiro atoms. The zero-order valence-electron chi connectivity index (χ0n) is 15.8. The number of hydrogen-bond donors (Lipinski definition) is 1. The van der Waals surface area contributed by atoms with Crippen LogP contribution in [0.2, 0.25) is 0 Å². The van der Waals surface area contributed by atoms with Gasteiger partial charge in [0, 0.05) is 37.6 Å². The number of anilines is 2. The molecular weight excluding hydrogens is 338 g/mol. The van der Waals surface area contributed by atoms with Gasteiger partial charge >= 0.3 is 0 Å². The van der Waals surface area contributed by atoms with Gasteiger partial charge in [0.1, 0.15) is 17.5 Å². The van der Waals surface area contributed by atoms with E-state index in [1.165, 1.54) is 18.4 Å². The number of aromatic nitrogens is 5. The minimum Gasteiger partial charge on any atom is -0.325 e. The van der Waals surface area contributed by atoms with Gasteiger partial charge in [-0.2, -0.15) is 5.10 Å². The van der Waals surface area contributed by atoms with Crippen LogP contribution in [0.3, 0.4) is 0 Å². The average Bonchev–Trinajstić information content (AvgIpc) is 3.07. The van der Waals surface area contributed by atoms with Crippen LogP contribution >= 0.6 is 0 Å². The number of nitrogens with one attached hydrogen (secondary N) is 1. The van der Waals surface area contributed by atoms with Crippen molar-refractivity contribution in [3.8, 4) is 0 Å². The van der Waals surface area contributed by atoms with E-state index >= 15 is 0 Å².